The van der Waals surface area contributed by atoms with Gasteiger partial charge in [-0.3, -0.25) is 0 Å². The summed E-state index contributed by atoms with van der Waals surface area (Å²) in [6.45, 7) is 5.68. The van der Waals surface area contributed by atoms with E-state index in [9.17, 15) is 0 Å². The molecule has 1 aliphatic rings. The molecule has 1 fully saturated rings. The van der Waals surface area contributed by atoms with E-state index in [1.54, 1.807) is 0 Å². The van der Waals surface area contributed by atoms with Crippen molar-refractivity contribution in [2.24, 2.45) is 5.92 Å². The highest BCUT2D eigenvalue weighted by atomic mass is 32.1. The summed E-state index contributed by atoms with van der Waals surface area (Å²) in [6.07, 6.45) is 2.75. The Morgan fingerprint density at radius 3 is 2.50 bits per heavy atom. The van der Waals surface area contributed by atoms with Crippen LogP contribution >= 0.6 is 11.3 Å². The zero-order chi connectivity index (χ0) is 14.0. The van der Waals surface area contributed by atoms with Gasteiger partial charge in [0.25, 0.3) is 0 Å². The minimum atomic E-state index is 0.172. The molecule has 0 bridgehead atoms. The Balaban J connectivity index is 1.68. The third-order valence-corrected chi connectivity index (χ3v) is 5.22. The lowest BCUT2D eigenvalue weighted by molar-refractivity contribution is 0.402. The van der Waals surface area contributed by atoms with Gasteiger partial charge in [-0.2, -0.15) is 0 Å². The van der Waals surface area contributed by atoms with Crippen LogP contribution in [-0.4, -0.2) is 6.54 Å². The normalized spacial score (nSPS) is 17.1. The standard InChI is InChI=1S/C18H23NS/c1-18(2,15-7-4-3-5-8-15)13-19-17(14-10-11-14)16-9-6-12-20-16/h3-9,12,14,17,19H,10-11,13H2,1-2H3. The van der Waals surface area contributed by atoms with Crippen LogP contribution < -0.4 is 5.32 Å². The number of hydrogen-bond acceptors (Lipinski definition) is 2. The van der Waals surface area contributed by atoms with E-state index < -0.39 is 0 Å². The average Bonchev–Trinajstić information content (AvgIpc) is 3.15. The smallest absolute Gasteiger partial charge is 0.0443 e. The molecule has 2 heteroatoms. The average molecular weight is 285 g/mol. The Morgan fingerprint density at radius 2 is 1.90 bits per heavy atom. The number of rotatable bonds is 6. The maximum absolute atomic E-state index is 3.83. The molecule has 0 aliphatic heterocycles. The molecule has 3 rings (SSSR count). The molecule has 20 heavy (non-hydrogen) atoms. The van der Waals surface area contributed by atoms with Crippen molar-refractivity contribution in [1.29, 1.82) is 0 Å². The van der Waals surface area contributed by atoms with Gasteiger partial charge in [-0.25, -0.2) is 0 Å². The fourth-order valence-corrected chi connectivity index (χ4v) is 3.65. The third-order valence-electron chi connectivity index (χ3n) is 4.26. The van der Waals surface area contributed by atoms with Crippen molar-refractivity contribution in [3.05, 3.63) is 58.3 Å². The highest BCUT2D eigenvalue weighted by molar-refractivity contribution is 7.10. The molecule has 1 aromatic heterocycles. The van der Waals surface area contributed by atoms with Crippen molar-refractivity contribution < 1.29 is 0 Å². The van der Waals surface area contributed by atoms with E-state index in [1.165, 1.54) is 23.3 Å². The number of thiophene rings is 1. The number of hydrogen-bond donors (Lipinski definition) is 1. The van der Waals surface area contributed by atoms with Crippen molar-refractivity contribution in [3.8, 4) is 0 Å². The summed E-state index contributed by atoms with van der Waals surface area (Å²) >= 11 is 1.88. The van der Waals surface area contributed by atoms with Gasteiger partial charge in [-0.1, -0.05) is 50.2 Å². The molecule has 0 radical (unpaired) electrons. The third kappa shape index (κ3) is 3.13. The van der Waals surface area contributed by atoms with Crippen LogP contribution in [0, 0.1) is 5.92 Å². The summed E-state index contributed by atoms with van der Waals surface area (Å²) in [6, 6.07) is 15.8. The minimum Gasteiger partial charge on any atom is -0.308 e. The van der Waals surface area contributed by atoms with Crippen LogP contribution in [0.15, 0.2) is 47.8 Å². The predicted molar refractivity (Wildman–Crippen MR) is 87.3 cm³/mol. The van der Waals surface area contributed by atoms with Gasteiger partial charge < -0.3 is 5.32 Å². The van der Waals surface area contributed by atoms with Crippen LogP contribution in [-0.2, 0) is 5.41 Å². The molecule has 0 spiro atoms. The molecule has 1 aliphatic carbocycles. The van der Waals surface area contributed by atoms with E-state index in [1.807, 2.05) is 11.3 Å². The van der Waals surface area contributed by atoms with Gasteiger partial charge >= 0.3 is 0 Å². The van der Waals surface area contributed by atoms with Crippen LogP contribution in [0.25, 0.3) is 0 Å². The molecule has 1 nitrogen and oxygen atoms in total. The lowest BCUT2D eigenvalue weighted by Crippen LogP contribution is -2.35. The second-order valence-corrected chi connectivity index (χ2v) is 7.44. The van der Waals surface area contributed by atoms with Gasteiger partial charge in [0.2, 0.25) is 0 Å². The van der Waals surface area contributed by atoms with E-state index in [0.717, 1.165) is 12.5 Å². The van der Waals surface area contributed by atoms with Crippen molar-refractivity contribution in [2.75, 3.05) is 6.54 Å². The first-order chi connectivity index (χ1) is 9.67. The maximum Gasteiger partial charge on any atom is 0.0443 e. The Bertz CT molecular complexity index is 526. The van der Waals surface area contributed by atoms with Crippen LogP contribution in [0.2, 0.25) is 0 Å². The van der Waals surface area contributed by atoms with E-state index in [0.29, 0.717) is 6.04 Å². The molecule has 0 amide bonds. The predicted octanol–water partition coefficient (Wildman–Crippen LogP) is 4.77. The number of nitrogens with one attached hydrogen (secondary N) is 1. The summed E-state index contributed by atoms with van der Waals surface area (Å²) in [5.74, 6) is 0.847. The SMILES string of the molecule is CC(C)(CNC(c1cccs1)C1CC1)c1ccccc1. The van der Waals surface area contributed by atoms with Gasteiger partial charge in [0.15, 0.2) is 0 Å². The highest BCUT2D eigenvalue weighted by Crippen LogP contribution is 2.42. The molecule has 1 aromatic carbocycles. The van der Waals surface area contributed by atoms with E-state index >= 15 is 0 Å². The lowest BCUT2D eigenvalue weighted by atomic mass is 9.84. The van der Waals surface area contributed by atoms with Crippen molar-refractivity contribution >= 4 is 11.3 Å². The molecule has 1 unspecified atom stereocenters. The van der Waals surface area contributed by atoms with Crippen molar-refractivity contribution in [1.82, 2.24) is 5.32 Å². The van der Waals surface area contributed by atoms with Crippen LogP contribution in [0.1, 0.15) is 43.2 Å². The number of benzene rings is 1. The fraction of sp³-hybridized carbons (Fsp3) is 0.444. The van der Waals surface area contributed by atoms with Crippen LogP contribution in [0.4, 0.5) is 0 Å². The van der Waals surface area contributed by atoms with Crippen LogP contribution in [0.5, 0.6) is 0 Å². The van der Waals surface area contributed by atoms with Gasteiger partial charge in [-0.05, 0) is 35.8 Å². The lowest BCUT2D eigenvalue weighted by Gasteiger charge is -2.29. The topological polar surface area (TPSA) is 12.0 Å². The van der Waals surface area contributed by atoms with E-state index in [4.69, 9.17) is 0 Å². The largest absolute Gasteiger partial charge is 0.308 e. The second kappa shape index (κ2) is 5.71. The first-order valence-corrected chi connectivity index (χ1v) is 8.37. The molecule has 1 heterocycles. The zero-order valence-corrected chi connectivity index (χ0v) is 13.1. The monoisotopic (exact) mass is 285 g/mol. The molecule has 0 saturated heterocycles. The zero-order valence-electron chi connectivity index (χ0n) is 12.3. The molecule has 106 valence electrons. The van der Waals surface area contributed by atoms with E-state index in [2.05, 4.69) is 67.0 Å². The first-order valence-electron chi connectivity index (χ1n) is 7.49. The fourth-order valence-electron chi connectivity index (χ4n) is 2.75. The molecule has 1 atom stereocenters. The van der Waals surface area contributed by atoms with Crippen molar-refractivity contribution in [3.63, 3.8) is 0 Å². The summed E-state index contributed by atoms with van der Waals surface area (Å²) in [7, 11) is 0. The van der Waals surface area contributed by atoms with Gasteiger partial charge in [-0.15, -0.1) is 11.3 Å². The molecular weight excluding hydrogens is 262 g/mol. The molecule has 2 aromatic rings. The second-order valence-electron chi connectivity index (χ2n) is 6.46. The Labute approximate surface area is 126 Å². The van der Waals surface area contributed by atoms with Crippen molar-refractivity contribution in [2.45, 2.75) is 38.1 Å². The molecule has 1 N–H and O–H groups in total. The highest BCUT2D eigenvalue weighted by Gasteiger charge is 2.34. The maximum atomic E-state index is 3.83. The first kappa shape index (κ1) is 13.8. The Morgan fingerprint density at radius 1 is 1.15 bits per heavy atom. The summed E-state index contributed by atoms with van der Waals surface area (Å²) in [5, 5.41) is 6.02. The summed E-state index contributed by atoms with van der Waals surface area (Å²) in [4.78, 5) is 1.50. The van der Waals surface area contributed by atoms with Gasteiger partial charge in [0, 0.05) is 22.9 Å². The summed E-state index contributed by atoms with van der Waals surface area (Å²) in [5.41, 5.74) is 1.58. The Kier molecular flexibility index (Phi) is 3.95. The quantitative estimate of drug-likeness (QED) is 0.806. The summed E-state index contributed by atoms with van der Waals surface area (Å²) < 4.78 is 0. The minimum absolute atomic E-state index is 0.172. The van der Waals surface area contributed by atoms with Gasteiger partial charge in [0.1, 0.15) is 0 Å². The Hall–Kier alpha value is -1.12. The van der Waals surface area contributed by atoms with Gasteiger partial charge in [0.05, 0.1) is 0 Å². The molecule has 1 saturated carbocycles. The van der Waals surface area contributed by atoms with E-state index in [-0.39, 0.29) is 5.41 Å². The van der Waals surface area contributed by atoms with Crippen LogP contribution in [0.3, 0.4) is 0 Å². The molecular formula is C18H23NS.